The predicted octanol–water partition coefficient (Wildman–Crippen LogP) is 22.5. The van der Waals surface area contributed by atoms with E-state index in [4.69, 9.17) is 14.2 Å². The Morgan fingerprint density at radius 1 is 0.266 bits per heavy atom. The molecule has 0 spiro atoms. The van der Waals surface area contributed by atoms with Crippen LogP contribution in [0.5, 0.6) is 0 Å². The lowest BCUT2D eigenvalue weighted by Gasteiger charge is -2.18. The van der Waals surface area contributed by atoms with Crippen LogP contribution in [0, 0.1) is 0 Å². The number of hydrogen-bond donors (Lipinski definition) is 0. The lowest BCUT2D eigenvalue weighted by molar-refractivity contribution is -0.167. The molecule has 0 rings (SSSR count). The molecule has 0 saturated heterocycles. The standard InChI is InChI=1S/C73H120O6/c1-4-7-10-13-16-18-20-22-24-26-28-29-30-31-32-33-34-35-36-37-38-39-40-41-42-43-45-46-48-50-52-54-57-60-63-66-72(75)78-69-70(68-77-71(74)65-62-59-56-15-12-9-6-3)79-73(76)67-64-61-58-55-53-51-49-47-44-27-25-23-21-19-17-14-11-8-5-2/h7,10,16-19,22-25,28-29,31-32,34-35,37-38,40-41,44,47,70H,4-6,8-9,11-15,20-21,26-27,30,33,36,39,42-43,45-46,48-69H2,1-3H3/b10-7-,18-16-,19-17-,24-22-,25-23-,29-28-,32-31-,35-34-,38-37-,41-40-,47-44-. The molecule has 0 radical (unpaired) electrons. The highest BCUT2D eigenvalue weighted by Crippen LogP contribution is 2.15. The van der Waals surface area contributed by atoms with Crippen molar-refractivity contribution >= 4 is 17.9 Å². The molecule has 448 valence electrons. The van der Waals surface area contributed by atoms with Crippen LogP contribution in [-0.2, 0) is 28.6 Å². The summed E-state index contributed by atoms with van der Waals surface area (Å²) in [6.07, 6.45) is 93.4. The summed E-state index contributed by atoms with van der Waals surface area (Å²) >= 11 is 0. The minimum absolute atomic E-state index is 0.0855. The molecular formula is C73H120O6. The number of hydrogen-bond acceptors (Lipinski definition) is 6. The van der Waals surface area contributed by atoms with Crippen molar-refractivity contribution in [3.8, 4) is 0 Å². The van der Waals surface area contributed by atoms with Gasteiger partial charge in [0.2, 0.25) is 0 Å². The van der Waals surface area contributed by atoms with Gasteiger partial charge in [0.25, 0.3) is 0 Å². The van der Waals surface area contributed by atoms with E-state index >= 15 is 0 Å². The Labute approximate surface area is 487 Å². The smallest absolute Gasteiger partial charge is 0.306 e. The van der Waals surface area contributed by atoms with E-state index in [-0.39, 0.29) is 31.1 Å². The molecule has 0 aliphatic heterocycles. The van der Waals surface area contributed by atoms with E-state index in [0.29, 0.717) is 19.3 Å². The van der Waals surface area contributed by atoms with Gasteiger partial charge < -0.3 is 14.2 Å². The van der Waals surface area contributed by atoms with Gasteiger partial charge in [0.05, 0.1) is 0 Å². The maximum absolute atomic E-state index is 12.8. The maximum Gasteiger partial charge on any atom is 0.306 e. The zero-order valence-electron chi connectivity index (χ0n) is 51.3. The number of allylic oxidation sites excluding steroid dienone is 22. The molecule has 6 nitrogen and oxygen atoms in total. The number of esters is 3. The first-order valence-electron chi connectivity index (χ1n) is 32.7. The quantitative estimate of drug-likeness (QED) is 0.0261. The molecular weight excluding hydrogens is 973 g/mol. The molecule has 79 heavy (non-hydrogen) atoms. The molecule has 0 aliphatic carbocycles. The molecule has 0 N–H and O–H groups in total. The summed E-state index contributed by atoms with van der Waals surface area (Å²) in [5.74, 6) is -0.907. The van der Waals surface area contributed by atoms with Crippen LogP contribution in [0.4, 0.5) is 0 Å². The van der Waals surface area contributed by atoms with Crippen molar-refractivity contribution in [2.75, 3.05) is 13.2 Å². The summed E-state index contributed by atoms with van der Waals surface area (Å²) < 4.78 is 16.8. The summed E-state index contributed by atoms with van der Waals surface area (Å²) in [6.45, 7) is 6.45. The first-order valence-corrected chi connectivity index (χ1v) is 32.7. The van der Waals surface area contributed by atoms with Crippen LogP contribution in [0.25, 0.3) is 0 Å². The molecule has 0 aromatic carbocycles. The third-order valence-electron chi connectivity index (χ3n) is 13.6. The van der Waals surface area contributed by atoms with E-state index in [1.54, 1.807) is 0 Å². The number of ether oxygens (including phenoxy) is 3. The zero-order chi connectivity index (χ0) is 57.1. The van der Waals surface area contributed by atoms with Crippen LogP contribution in [0.2, 0.25) is 0 Å². The third-order valence-corrected chi connectivity index (χ3v) is 13.6. The molecule has 0 amide bonds. The monoisotopic (exact) mass is 1090 g/mol. The van der Waals surface area contributed by atoms with E-state index in [2.05, 4.69) is 154 Å². The van der Waals surface area contributed by atoms with Gasteiger partial charge in [-0.05, 0) is 122 Å². The van der Waals surface area contributed by atoms with Crippen LogP contribution in [0.1, 0.15) is 290 Å². The SMILES string of the molecule is CC/C=C\C/C=C\C/C=C\C/C=C\C/C=C\C/C=C\C/C=C\C/C=C\CCCCCCCCCCCCC(=O)OCC(COC(=O)CCCCCCCCC)OC(=O)CCCCCCCC/C=C\C/C=C\C/C=C\CCCCC. The first-order chi connectivity index (χ1) is 39.0. The fourth-order valence-electron chi connectivity index (χ4n) is 8.76. The van der Waals surface area contributed by atoms with Crippen molar-refractivity contribution in [1.29, 1.82) is 0 Å². The molecule has 0 fully saturated rings. The van der Waals surface area contributed by atoms with Gasteiger partial charge in [-0.15, -0.1) is 0 Å². The molecule has 0 aromatic heterocycles. The number of carbonyl (C=O) groups excluding carboxylic acids is 3. The van der Waals surface area contributed by atoms with E-state index in [1.165, 1.54) is 116 Å². The van der Waals surface area contributed by atoms with Gasteiger partial charge in [-0.25, -0.2) is 0 Å². The van der Waals surface area contributed by atoms with E-state index in [9.17, 15) is 14.4 Å². The minimum Gasteiger partial charge on any atom is -0.462 e. The Hall–Kier alpha value is -4.45. The summed E-state index contributed by atoms with van der Waals surface area (Å²) in [6, 6.07) is 0. The summed E-state index contributed by atoms with van der Waals surface area (Å²) in [5, 5.41) is 0. The van der Waals surface area contributed by atoms with Crippen LogP contribution >= 0.6 is 0 Å². The van der Waals surface area contributed by atoms with Gasteiger partial charge in [-0.1, -0.05) is 283 Å². The lowest BCUT2D eigenvalue weighted by atomic mass is 10.1. The number of unbranched alkanes of at least 4 members (excludes halogenated alkanes) is 25. The van der Waals surface area contributed by atoms with Crippen molar-refractivity contribution in [3.05, 3.63) is 134 Å². The Bertz CT molecular complexity index is 1680. The fourth-order valence-corrected chi connectivity index (χ4v) is 8.76. The molecule has 0 aliphatic rings. The van der Waals surface area contributed by atoms with Crippen LogP contribution in [0.3, 0.4) is 0 Å². The number of carbonyl (C=O) groups is 3. The Kier molecular flexibility index (Phi) is 62.3. The molecule has 1 atom stereocenters. The van der Waals surface area contributed by atoms with Gasteiger partial charge >= 0.3 is 17.9 Å². The van der Waals surface area contributed by atoms with E-state index in [1.807, 2.05) is 0 Å². The largest absolute Gasteiger partial charge is 0.462 e. The predicted molar refractivity (Wildman–Crippen MR) is 343 cm³/mol. The molecule has 0 aromatic rings. The molecule has 0 saturated carbocycles. The second kappa shape index (κ2) is 66.1. The second-order valence-corrected chi connectivity index (χ2v) is 21.3. The molecule has 0 bridgehead atoms. The average molecular weight is 1090 g/mol. The second-order valence-electron chi connectivity index (χ2n) is 21.3. The maximum atomic E-state index is 12.8. The van der Waals surface area contributed by atoms with Gasteiger partial charge in [0, 0.05) is 19.3 Å². The van der Waals surface area contributed by atoms with Gasteiger partial charge in [-0.3, -0.25) is 14.4 Å². The van der Waals surface area contributed by atoms with Gasteiger partial charge in [0.15, 0.2) is 6.10 Å². The first kappa shape index (κ1) is 74.5. The van der Waals surface area contributed by atoms with Crippen LogP contribution < -0.4 is 0 Å². The topological polar surface area (TPSA) is 78.9 Å². The van der Waals surface area contributed by atoms with Crippen molar-refractivity contribution < 1.29 is 28.6 Å². The molecule has 0 heterocycles. The summed E-state index contributed by atoms with van der Waals surface area (Å²) in [7, 11) is 0. The van der Waals surface area contributed by atoms with Crippen LogP contribution in [-0.4, -0.2) is 37.2 Å². The highest BCUT2D eigenvalue weighted by atomic mass is 16.6. The minimum atomic E-state index is -0.787. The normalized spacial score (nSPS) is 13.0. The zero-order valence-corrected chi connectivity index (χ0v) is 51.3. The Balaban J connectivity index is 4.13. The third kappa shape index (κ3) is 64.3. The van der Waals surface area contributed by atoms with Gasteiger partial charge in [0.1, 0.15) is 13.2 Å². The summed E-state index contributed by atoms with van der Waals surface area (Å²) in [5.41, 5.74) is 0. The number of rotatable bonds is 58. The Morgan fingerprint density at radius 3 is 0.797 bits per heavy atom. The molecule has 6 heteroatoms. The van der Waals surface area contributed by atoms with E-state index in [0.717, 1.165) is 135 Å². The van der Waals surface area contributed by atoms with Crippen molar-refractivity contribution in [3.63, 3.8) is 0 Å². The summed E-state index contributed by atoms with van der Waals surface area (Å²) in [4.78, 5) is 38.1. The van der Waals surface area contributed by atoms with E-state index < -0.39 is 6.10 Å². The Morgan fingerprint density at radius 2 is 0.494 bits per heavy atom. The van der Waals surface area contributed by atoms with Crippen molar-refractivity contribution in [1.82, 2.24) is 0 Å². The fraction of sp³-hybridized carbons (Fsp3) is 0.658. The van der Waals surface area contributed by atoms with Crippen molar-refractivity contribution in [2.45, 2.75) is 297 Å². The average Bonchev–Trinajstić information content (AvgIpc) is 3.45. The molecule has 1 unspecified atom stereocenters. The lowest BCUT2D eigenvalue weighted by Crippen LogP contribution is -2.30. The highest BCUT2D eigenvalue weighted by Gasteiger charge is 2.19. The highest BCUT2D eigenvalue weighted by molar-refractivity contribution is 5.71. The van der Waals surface area contributed by atoms with Crippen LogP contribution in [0.15, 0.2) is 134 Å². The van der Waals surface area contributed by atoms with Gasteiger partial charge in [-0.2, -0.15) is 0 Å². The van der Waals surface area contributed by atoms with Crippen molar-refractivity contribution in [2.24, 2.45) is 0 Å².